The van der Waals surface area contributed by atoms with Crippen LogP contribution in [0.2, 0.25) is 0 Å². The number of rotatable bonds is 4. The number of likely N-dealkylation sites (tertiary alicyclic amines) is 1. The van der Waals surface area contributed by atoms with Crippen LogP contribution in [0.25, 0.3) is 0 Å². The maximum absolute atomic E-state index is 12.6. The maximum Gasteiger partial charge on any atom is 0.253 e. The first kappa shape index (κ1) is 18.1. The van der Waals surface area contributed by atoms with Gasteiger partial charge in [0.1, 0.15) is 11.4 Å². The third-order valence-electron chi connectivity index (χ3n) is 4.99. The molecule has 3 heterocycles. The number of carbonyl (C=O) groups excluding carboxylic acids is 1. The summed E-state index contributed by atoms with van der Waals surface area (Å²) in [5, 5.41) is 0. The maximum atomic E-state index is 12.6. The lowest BCUT2D eigenvalue weighted by Gasteiger charge is -2.32. The van der Waals surface area contributed by atoms with Gasteiger partial charge < -0.3 is 9.64 Å². The van der Waals surface area contributed by atoms with Gasteiger partial charge in [-0.25, -0.2) is 4.98 Å². The minimum Gasteiger partial charge on any atom is -0.437 e. The van der Waals surface area contributed by atoms with Gasteiger partial charge in [0.05, 0.1) is 0 Å². The predicted octanol–water partition coefficient (Wildman–Crippen LogP) is 3.99. The molecule has 0 bridgehead atoms. The zero-order chi connectivity index (χ0) is 19.3. The molecule has 0 radical (unpaired) electrons. The molecule has 0 N–H and O–H groups in total. The van der Waals surface area contributed by atoms with Crippen molar-refractivity contribution in [2.45, 2.75) is 25.7 Å². The van der Waals surface area contributed by atoms with Crippen molar-refractivity contribution in [3.8, 4) is 11.6 Å². The van der Waals surface area contributed by atoms with Gasteiger partial charge in [-0.15, -0.1) is 0 Å². The SMILES string of the molecule is Cc1cccc(Oc2nccnc2C2CCN(C(=O)c3ccncc3)CC2)c1. The zero-order valence-corrected chi connectivity index (χ0v) is 15.8. The molecule has 1 aliphatic heterocycles. The molecule has 6 nitrogen and oxygen atoms in total. The van der Waals surface area contributed by atoms with E-state index < -0.39 is 0 Å². The predicted molar refractivity (Wildman–Crippen MR) is 105 cm³/mol. The molecule has 1 aliphatic rings. The Morgan fingerprint density at radius 3 is 2.54 bits per heavy atom. The molecule has 1 fully saturated rings. The second kappa shape index (κ2) is 8.17. The van der Waals surface area contributed by atoms with Gasteiger partial charge in [0.15, 0.2) is 0 Å². The molecule has 1 aromatic carbocycles. The highest BCUT2D eigenvalue weighted by Gasteiger charge is 2.27. The van der Waals surface area contributed by atoms with Crippen molar-refractivity contribution in [2.75, 3.05) is 13.1 Å². The van der Waals surface area contributed by atoms with Crippen molar-refractivity contribution in [2.24, 2.45) is 0 Å². The van der Waals surface area contributed by atoms with Gasteiger partial charge in [0.25, 0.3) is 5.91 Å². The van der Waals surface area contributed by atoms with E-state index in [9.17, 15) is 4.79 Å². The van der Waals surface area contributed by atoms with Crippen molar-refractivity contribution >= 4 is 5.91 Å². The number of pyridine rings is 1. The van der Waals surface area contributed by atoms with E-state index in [4.69, 9.17) is 4.74 Å². The van der Waals surface area contributed by atoms with E-state index in [0.29, 0.717) is 24.5 Å². The van der Waals surface area contributed by atoms with Crippen LogP contribution in [0.5, 0.6) is 11.6 Å². The molecule has 6 heteroatoms. The molecular formula is C22H22N4O2. The molecule has 0 atom stereocenters. The third kappa shape index (κ3) is 4.01. The fourth-order valence-electron chi connectivity index (χ4n) is 3.52. The van der Waals surface area contributed by atoms with Crippen LogP contribution in [-0.4, -0.2) is 38.8 Å². The second-order valence-corrected chi connectivity index (χ2v) is 6.97. The standard InChI is InChI=1S/C22H22N4O2/c1-16-3-2-4-19(15-16)28-21-20(24-11-12-25-21)17-7-13-26(14-8-17)22(27)18-5-9-23-10-6-18/h2-6,9-12,15,17H,7-8,13-14H2,1H3. The Balaban J connectivity index is 1.46. The summed E-state index contributed by atoms with van der Waals surface area (Å²) in [4.78, 5) is 27.5. The van der Waals surface area contributed by atoms with E-state index in [1.54, 1.807) is 36.9 Å². The number of amides is 1. The normalized spacial score (nSPS) is 14.7. The van der Waals surface area contributed by atoms with Crippen LogP contribution in [0.4, 0.5) is 0 Å². The Morgan fingerprint density at radius 1 is 1.04 bits per heavy atom. The third-order valence-corrected chi connectivity index (χ3v) is 4.99. The van der Waals surface area contributed by atoms with Crippen LogP contribution < -0.4 is 4.74 Å². The Labute approximate surface area is 164 Å². The summed E-state index contributed by atoms with van der Waals surface area (Å²) in [5.41, 5.74) is 2.67. The van der Waals surface area contributed by atoms with Crippen molar-refractivity contribution in [3.63, 3.8) is 0 Å². The first-order valence-electron chi connectivity index (χ1n) is 9.45. The first-order valence-corrected chi connectivity index (χ1v) is 9.45. The molecule has 3 aromatic rings. The second-order valence-electron chi connectivity index (χ2n) is 6.97. The summed E-state index contributed by atoms with van der Waals surface area (Å²) in [6.07, 6.45) is 8.31. The highest BCUT2D eigenvalue weighted by atomic mass is 16.5. The average Bonchev–Trinajstić information content (AvgIpc) is 2.74. The van der Waals surface area contributed by atoms with Gasteiger partial charge in [-0.2, -0.15) is 0 Å². The van der Waals surface area contributed by atoms with Gasteiger partial charge in [0, 0.05) is 49.4 Å². The smallest absolute Gasteiger partial charge is 0.253 e. The number of hydrogen-bond donors (Lipinski definition) is 0. The monoisotopic (exact) mass is 374 g/mol. The van der Waals surface area contributed by atoms with Crippen LogP contribution in [-0.2, 0) is 0 Å². The summed E-state index contributed by atoms with van der Waals surface area (Å²) < 4.78 is 6.03. The van der Waals surface area contributed by atoms with Crippen LogP contribution in [0.1, 0.15) is 40.4 Å². The number of hydrogen-bond acceptors (Lipinski definition) is 5. The van der Waals surface area contributed by atoms with Gasteiger partial charge in [-0.3, -0.25) is 14.8 Å². The summed E-state index contributed by atoms with van der Waals surface area (Å²) in [6, 6.07) is 11.4. The van der Waals surface area contributed by atoms with Crippen molar-refractivity contribution in [1.82, 2.24) is 19.9 Å². The van der Waals surface area contributed by atoms with Crippen LogP contribution in [0, 0.1) is 6.92 Å². The Morgan fingerprint density at radius 2 is 1.79 bits per heavy atom. The number of ether oxygens (including phenoxy) is 1. The molecule has 2 aromatic heterocycles. The molecule has 4 rings (SSSR count). The van der Waals surface area contributed by atoms with E-state index in [1.165, 1.54) is 0 Å². The Hall–Kier alpha value is -3.28. The highest BCUT2D eigenvalue weighted by Crippen LogP contribution is 2.33. The summed E-state index contributed by atoms with van der Waals surface area (Å²) >= 11 is 0. The zero-order valence-electron chi connectivity index (χ0n) is 15.8. The quantitative estimate of drug-likeness (QED) is 0.691. The molecule has 0 spiro atoms. The molecule has 0 unspecified atom stereocenters. The fraction of sp³-hybridized carbons (Fsp3) is 0.273. The first-order chi connectivity index (χ1) is 13.7. The van der Waals surface area contributed by atoms with E-state index in [-0.39, 0.29) is 11.8 Å². The number of aryl methyl sites for hydroxylation is 1. The molecule has 28 heavy (non-hydrogen) atoms. The van der Waals surface area contributed by atoms with Crippen LogP contribution in [0.3, 0.4) is 0 Å². The molecule has 0 aliphatic carbocycles. The van der Waals surface area contributed by atoms with Gasteiger partial charge >= 0.3 is 0 Å². The minimum atomic E-state index is 0.0521. The largest absolute Gasteiger partial charge is 0.437 e. The Kier molecular flexibility index (Phi) is 5.28. The number of benzene rings is 1. The molecule has 142 valence electrons. The van der Waals surface area contributed by atoms with Gasteiger partial charge in [-0.05, 0) is 49.6 Å². The summed E-state index contributed by atoms with van der Waals surface area (Å²) in [7, 11) is 0. The topological polar surface area (TPSA) is 68.2 Å². The summed E-state index contributed by atoms with van der Waals surface area (Å²) in [6.45, 7) is 3.40. The molecule has 1 saturated heterocycles. The highest BCUT2D eigenvalue weighted by molar-refractivity contribution is 5.94. The minimum absolute atomic E-state index is 0.0521. The van der Waals surface area contributed by atoms with E-state index >= 15 is 0 Å². The number of piperidine rings is 1. The number of aromatic nitrogens is 3. The lowest BCUT2D eigenvalue weighted by atomic mass is 9.93. The van der Waals surface area contributed by atoms with Gasteiger partial charge in [0.2, 0.25) is 5.88 Å². The van der Waals surface area contributed by atoms with Gasteiger partial charge in [-0.1, -0.05) is 12.1 Å². The lowest BCUT2D eigenvalue weighted by molar-refractivity contribution is 0.0711. The molecule has 1 amide bonds. The van der Waals surface area contributed by atoms with Crippen molar-refractivity contribution in [3.05, 3.63) is 78.0 Å². The average molecular weight is 374 g/mol. The molecule has 0 saturated carbocycles. The summed E-state index contributed by atoms with van der Waals surface area (Å²) in [5.74, 6) is 1.57. The van der Waals surface area contributed by atoms with Crippen LogP contribution in [0.15, 0.2) is 61.2 Å². The van der Waals surface area contributed by atoms with Crippen molar-refractivity contribution < 1.29 is 9.53 Å². The number of nitrogens with zero attached hydrogens (tertiary/aromatic N) is 4. The van der Waals surface area contributed by atoms with E-state index in [2.05, 4.69) is 15.0 Å². The van der Waals surface area contributed by atoms with E-state index in [0.717, 1.165) is 29.8 Å². The lowest BCUT2D eigenvalue weighted by Crippen LogP contribution is -2.38. The van der Waals surface area contributed by atoms with Crippen LogP contribution >= 0.6 is 0 Å². The Bertz CT molecular complexity index is 954. The van der Waals surface area contributed by atoms with E-state index in [1.807, 2.05) is 36.1 Å². The van der Waals surface area contributed by atoms with Crippen molar-refractivity contribution in [1.29, 1.82) is 0 Å². The fourth-order valence-corrected chi connectivity index (χ4v) is 3.52. The number of carbonyl (C=O) groups is 1. The molecular weight excluding hydrogens is 352 g/mol.